The molecule has 1 saturated heterocycles. The van der Waals surface area contributed by atoms with E-state index < -0.39 is 0 Å². The first-order valence-electron chi connectivity index (χ1n) is 6.87. The van der Waals surface area contributed by atoms with E-state index in [9.17, 15) is 0 Å². The van der Waals surface area contributed by atoms with Crippen LogP contribution in [0, 0.1) is 0 Å². The Balaban J connectivity index is 1.86. The molecular formula is C14H23ClN4. The van der Waals surface area contributed by atoms with Crippen molar-refractivity contribution < 1.29 is 0 Å². The summed E-state index contributed by atoms with van der Waals surface area (Å²) in [4.78, 5) is 5.01. The van der Waals surface area contributed by atoms with Crippen molar-refractivity contribution >= 4 is 11.6 Å². The van der Waals surface area contributed by atoms with Gasteiger partial charge in [-0.05, 0) is 13.8 Å². The second-order valence-corrected chi connectivity index (χ2v) is 5.79. The molecule has 4 nitrogen and oxygen atoms in total. The van der Waals surface area contributed by atoms with Crippen molar-refractivity contribution in [3.05, 3.63) is 30.1 Å². The zero-order chi connectivity index (χ0) is 13.8. The van der Waals surface area contributed by atoms with Gasteiger partial charge in [-0.25, -0.2) is 0 Å². The van der Waals surface area contributed by atoms with Crippen molar-refractivity contribution in [3.8, 4) is 0 Å². The molecule has 1 aromatic rings. The molecule has 2 atom stereocenters. The van der Waals surface area contributed by atoms with Crippen LogP contribution in [0.5, 0.6) is 0 Å². The highest BCUT2D eigenvalue weighted by atomic mass is 35.5. The molecule has 0 spiro atoms. The van der Waals surface area contributed by atoms with E-state index in [2.05, 4.69) is 35.3 Å². The molecule has 0 radical (unpaired) electrons. The van der Waals surface area contributed by atoms with Crippen LogP contribution >= 0.6 is 11.6 Å². The summed E-state index contributed by atoms with van der Waals surface area (Å²) in [7, 11) is 0. The second-order valence-electron chi connectivity index (χ2n) is 5.36. The van der Waals surface area contributed by atoms with Crippen LogP contribution in [0.15, 0.2) is 25.0 Å². The maximum Gasteiger partial charge on any atom is 0.0785 e. The third kappa shape index (κ3) is 3.81. The number of halogens is 1. The van der Waals surface area contributed by atoms with Gasteiger partial charge in [-0.2, -0.15) is 5.10 Å². The van der Waals surface area contributed by atoms with Crippen molar-refractivity contribution in [1.82, 2.24) is 19.6 Å². The monoisotopic (exact) mass is 282 g/mol. The Hall–Kier alpha value is -0.840. The van der Waals surface area contributed by atoms with E-state index in [1.807, 2.05) is 17.0 Å². The summed E-state index contributed by atoms with van der Waals surface area (Å²) in [5, 5.41) is 4.93. The van der Waals surface area contributed by atoms with Gasteiger partial charge in [0, 0.05) is 44.5 Å². The normalized spacial score (nSPS) is 25.6. The van der Waals surface area contributed by atoms with Gasteiger partial charge in [0.15, 0.2) is 0 Å². The van der Waals surface area contributed by atoms with Crippen LogP contribution in [0.4, 0.5) is 0 Å². The summed E-state index contributed by atoms with van der Waals surface area (Å²) in [6, 6.07) is 1.15. The first-order chi connectivity index (χ1) is 9.10. The highest BCUT2D eigenvalue weighted by molar-refractivity contribution is 6.30. The largest absolute Gasteiger partial charge is 0.296 e. The van der Waals surface area contributed by atoms with Crippen LogP contribution in [0.1, 0.15) is 13.8 Å². The first kappa shape index (κ1) is 14.6. The van der Waals surface area contributed by atoms with E-state index in [4.69, 9.17) is 11.6 Å². The van der Waals surface area contributed by atoms with Crippen LogP contribution in [0.2, 0.25) is 5.02 Å². The lowest BCUT2D eigenvalue weighted by molar-refractivity contribution is 0.0476. The summed E-state index contributed by atoms with van der Waals surface area (Å²) in [5.41, 5.74) is 0. The van der Waals surface area contributed by atoms with Gasteiger partial charge >= 0.3 is 0 Å². The zero-order valence-electron chi connectivity index (χ0n) is 11.8. The van der Waals surface area contributed by atoms with Gasteiger partial charge < -0.3 is 0 Å². The molecule has 0 unspecified atom stereocenters. The SMILES string of the molecule is C=CCN1C[C@@H](C)N(CCn2cc(Cl)cn2)C[C@H]1C. The molecule has 1 aliphatic heterocycles. The van der Waals surface area contributed by atoms with Gasteiger partial charge in [-0.1, -0.05) is 17.7 Å². The Morgan fingerprint density at radius 1 is 1.32 bits per heavy atom. The summed E-state index contributed by atoms with van der Waals surface area (Å²) in [6.07, 6.45) is 5.56. The summed E-state index contributed by atoms with van der Waals surface area (Å²) >= 11 is 5.87. The van der Waals surface area contributed by atoms with Crippen molar-refractivity contribution in [2.24, 2.45) is 0 Å². The molecule has 0 amide bonds. The van der Waals surface area contributed by atoms with Crippen LogP contribution in [-0.4, -0.2) is 57.8 Å². The van der Waals surface area contributed by atoms with E-state index in [1.165, 1.54) is 0 Å². The Morgan fingerprint density at radius 2 is 2.00 bits per heavy atom. The summed E-state index contributed by atoms with van der Waals surface area (Å²) in [6.45, 7) is 13.5. The fourth-order valence-electron chi connectivity index (χ4n) is 2.69. The number of piperazine rings is 1. The maximum absolute atomic E-state index is 5.87. The lowest BCUT2D eigenvalue weighted by atomic mass is 10.1. The van der Waals surface area contributed by atoms with Gasteiger partial charge in [0.1, 0.15) is 0 Å². The van der Waals surface area contributed by atoms with Crippen molar-refractivity contribution in [2.45, 2.75) is 32.5 Å². The number of aromatic nitrogens is 2. The molecule has 1 fully saturated rings. The molecule has 2 heterocycles. The van der Waals surface area contributed by atoms with E-state index in [0.717, 1.165) is 32.7 Å². The highest BCUT2D eigenvalue weighted by Crippen LogP contribution is 2.15. The molecule has 0 N–H and O–H groups in total. The van der Waals surface area contributed by atoms with E-state index >= 15 is 0 Å². The minimum atomic E-state index is 0.571. The van der Waals surface area contributed by atoms with Crippen LogP contribution in [-0.2, 0) is 6.54 Å². The Labute approximate surface area is 120 Å². The Kier molecular flexibility index (Phi) is 5.02. The molecule has 0 aliphatic carbocycles. The van der Waals surface area contributed by atoms with Gasteiger partial charge in [-0.15, -0.1) is 6.58 Å². The highest BCUT2D eigenvalue weighted by Gasteiger charge is 2.27. The summed E-state index contributed by atoms with van der Waals surface area (Å²) in [5.74, 6) is 0. The fraction of sp³-hybridized carbons (Fsp3) is 0.643. The van der Waals surface area contributed by atoms with E-state index in [1.54, 1.807) is 6.20 Å². The molecule has 0 bridgehead atoms. The average molecular weight is 283 g/mol. The van der Waals surface area contributed by atoms with Crippen LogP contribution in [0.25, 0.3) is 0 Å². The van der Waals surface area contributed by atoms with Crippen molar-refractivity contribution in [2.75, 3.05) is 26.2 Å². The molecule has 1 aromatic heterocycles. The summed E-state index contributed by atoms with van der Waals surface area (Å²) < 4.78 is 1.91. The smallest absolute Gasteiger partial charge is 0.0785 e. The van der Waals surface area contributed by atoms with Gasteiger partial charge in [0.25, 0.3) is 0 Å². The van der Waals surface area contributed by atoms with E-state index in [0.29, 0.717) is 17.1 Å². The lowest BCUT2D eigenvalue weighted by Crippen LogP contribution is -2.56. The number of nitrogens with zero attached hydrogens (tertiary/aromatic N) is 4. The first-order valence-corrected chi connectivity index (χ1v) is 7.25. The molecule has 106 valence electrons. The van der Waals surface area contributed by atoms with Crippen LogP contribution in [0.3, 0.4) is 0 Å². The minimum Gasteiger partial charge on any atom is -0.296 e. The molecule has 2 rings (SSSR count). The average Bonchev–Trinajstić information content (AvgIpc) is 2.78. The number of hydrogen-bond donors (Lipinski definition) is 0. The standard InChI is InChI=1S/C14H23ClN4/c1-4-5-17-9-13(3)18(10-12(17)2)6-7-19-11-14(15)8-16-19/h4,8,11-13H,1,5-7,9-10H2,2-3H3/t12-,13-/m1/s1. The lowest BCUT2D eigenvalue weighted by Gasteiger charge is -2.43. The number of hydrogen-bond acceptors (Lipinski definition) is 3. The molecule has 0 aromatic carbocycles. The molecule has 1 aliphatic rings. The van der Waals surface area contributed by atoms with Gasteiger partial charge in [0.05, 0.1) is 17.8 Å². The molecule has 0 saturated carbocycles. The topological polar surface area (TPSA) is 24.3 Å². The number of rotatable bonds is 5. The predicted molar refractivity (Wildman–Crippen MR) is 79.5 cm³/mol. The third-order valence-corrected chi connectivity index (χ3v) is 4.02. The fourth-order valence-corrected chi connectivity index (χ4v) is 2.85. The minimum absolute atomic E-state index is 0.571. The van der Waals surface area contributed by atoms with Crippen molar-refractivity contribution in [1.29, 1.82) is 0 Å². The van der Waals surface area contributed by atoms with Crippen molar-refractivity contribution in [3.63, 3.8) is 0 Å². The molecular weight excluding hydrogens is 260 g/mol. The van der Waals surface area contributed by atoms with Gasteiger partial charge in [-0.3, -0.25) is 14.5 Å². The van der Waals surface area contributed by atoms with E-state index in [-0.39, 0.29) is 0 Å². The maximum atomic E-state index is 5.87. The zero-order valence-corrected chi connectivity index (χ0v) is 12.6. The Bertz CT molecular complexity index is 417. The van der Waals surface area contributed by atoms with Crippen LogP contribution < -0.4 is 0 Å². The molecule has 5 heteroatoms. The second kappa shape index (κ2) is 6.55. The molecule has 19 heavy (non-hydrogen) atoms. The quantitative estimate of drug-likeness (QED) is 0.773. The Morgan fingerprint density at radius 3 is 2.63 bits per heavy atom. The third-order valence-electron chi connectivity index (χ3n) is 3.83. The van der Waals surface area contributed by atoms with Gasteiger partial charge in [0.2, 0.25) is 0 Å². The predicted octanol–water partition coefficient (Wildman–Crippen LogP) is 2.12.